The molecule has 4 aliphatic carbocycles. The van der Waals surface area contributed by atoms with Crippen LogP contribution in [0.5, 0.6) is 0 Å². The fourth-order valence-electron chi connectivity index (χ4n) is 5.46. The van der Waals surface area contributed by atoms with E-state index in [9.17, 15) is 14.4 Å². The van der Waals surface area contributed by atoms with E-state index in [-0.39, 0.29) is 31.4 Å². The van der Waals surface area contributed by atoms with Crippen LogP contribution < -0.4 is 5.73 Å². The number of ether oxygens (including phenoxy) is 1. The number of hydrogen-bond acceptors (Lipinski definition) is 6. The third-order valence-corrected chi connectivity index (χ3v) is 6.86. The zero-order valence-electron chi connectivity index (χ0n) is 17.6. The Morgan fingerprint density at radius 1 is 1.17 bits per heavy atom. The van der Waals surface area contributed by atoms with E-state index in [0.717, 1.165) is 22.7 Å². The van der Waals surface area contributed by atoms with E-state index in [1.807, 2.05) is 0 Å². The number of amides is 1. The summed E-state index contributed by atoms with van der Waals surface area (Å²) in [6.07, 6.45) is 8.56. The van der Waals surface area contributed by atoms with E-state index in [1.54, 1.807) is 13.8 Å². The van der Waals surface area contributed by atoms with E-state index < -0.39 is 18.5 Å². The number of carbonyl (C=O) groups excluding carboxylic acids is 2. The fraction of sp³-hybridized carbons (Fsp3) is 0.857. The van der Waals surface area contributed by atoms with Crippen LogP contribution in [0.25, 0.3) is 0 Å². The second-order valence-corrected chi connectivity index (χ2v) is 9.44. The van der Waals surface area contributed by atoms with Crippen LogP contribution in [0.1, 0.15) is 58.8 Å². The van der Waals surface area contributed by atoms with Gasteiger partial charge in [-0.1, -0.05) is 6.92 Å². The van der Waals surface area contributed by atoms with Gasteiger partial charge in [-0.3, -0.25) is 14.4 Å². The largest absolute Gasteiger partial charge is 0.480 e. The SMILES string of the molecule is CCOC(=O)CCN(CC(=O)O)C(=O)C(C)CS.NC12CC3CC(CC(C3)C1)C2. The number of carboxylic acids is 1. The normalized spacial score (nSPS) is 30.1. The van der Waals surface area contributed by atoms with Crippen molar-refractivity contribution in [1.82, 2.24) is 4.90 Å². The number of aliphatic carboxylic acids is 1. The predicted octanol–water partition coefficient (Wildman–Crippen LogP) is 2.33. The van der Waals surface area contributed by atoms with Crippen LogP contribution in [0.2, 0.25) is 0 Å². The molecule has 0 aliphatic heterocycles. The van der Waals surface area contributed by atoms with Crippen molar-refractivity contribution in [3.63, 3.8) is 0 Å². The van der Waals surface area contributed by atoms with Crippen LogP contribution in [-0.4, -0.2) is 58.8 Å². The number of esters is 1. The topological polar surface area (TPSA) is 110 Å². The molecule has 4 rings (SSSR count). The Labute approximate surface area is 179 Å². The molecule has 0 radical (unpaired) electrons. The molecule has 0 aromatic heterocycles. The Kier molecular flexibility index (Phi) is 8.82. The summed E-state index contributed by atoms with van der Waals surface area (Å²) in [6.45, 7) is 3.23. The molecule has 4 fully saturated rings. The molecular formula is C21H36N2O5S. The summed E-state index contributed by atoms with van der Waals surface area (Å²) in [4.78, 5) is 34.8. The Balaban J connectivity index is 0.000000227. The van der Waals surface area contributed by atoms with Gasteiger partial charge in [-0.05, 0) is 63.2 Å². The van der Waals surface area contributed by atoms with Gasteiger partial charge in [0.05, 0.1) is 13.0 Å². The van der Waals surface area contributed by atoms with E-state index in [2.05, 4.69) is 12.6 Å². The number of nitrogens with zero attached hydrogens (tertiary/aromatic N) is 1. The van der Waals surface area contributed by atoms with Crippen LogP contribution in [0.15, 0.2) is 0 Å². The number of hydrogen-bond donors (Lipinski definition) is 3. The number of carboxylic acid groups (broad SMARTS) is 1. The van der Waals surface area contributed by atoms with Gasteiger partial charge in [0.25, 0.3) is 0 Å². The molecule has 8 heteroatoms. The summed E-state index contributed by atoms with van der Waals surface area (Å²) in [5.74, 6) is 1.13. The zero-order chi connectivity index (χ0) is 21.6. The van der Waals surface area contributed by atoms with Crippen molar-refractivity contribution in [2.45, 2.75) is 64.3 Å². The van der Waals surface area contributed by atoms with Gasteiger partial charge >= 0.3 is 11.9 Å². The first-order valence-corrected chi connectivity index (χ1v) is 11.3. The molecule has 3 N–H and O–H groups in total. The fourth-order valence-corrected chi connectivity index (χ4v) is 5.61. The van der Waals surface area contributed by atoms with Crippen LogP contribution in [0.3, 0.4) is 0 Å². The predicted molar refractivity (Wildman–Crippen MR) is 114 cm³/mol. The first-order chi connectivity index (χ1) is 13.7. The molecular weight excluding hydrogens is 392 g/mol. The lowest BCUT2D eigenvalue weighted by Crippen LogP contribution is -2.55. The molecule has 0 aromatic rings. The molecule has 0 spiro atoms. The summed E-state index contributed by atoms with van der Waals surface area (Å²) in [5, 5.41) is 8.73. The highest BCUT2D eigenvalue weighted by Crippen LogP contribution is 2.54. The third kappa shape index (κ3) is 7.17. The van der Waals surface area contributed by atoms with Gasteiger partial charge in [-0.25, -0.2) is 0 Å². The van der Waals surface area contributed by atoms with Gasteiger partial charge < -0.3 is 20.5 Å². The minimum atomic E-state index is -1.11. The summed E-state index contributed by atoms with van der Waals surface area (Å²) in [6, 6.07) is 0. The molecule has 1 amide bonds. The van der Waals surface area contributed by atoms with Crippen molar-refractivity contribution < 1.29 is 24.2 Å². The minimum absolute atomic E-state index is 0.00779. The van der Waals surface area contributed by atoms with Crippen LogP contribution in [0.4, 0.5) is 0 Å². The number of carbonyl (C=O) groups is 3. The van der Waals surface area contributed by atoms with E-state index in [1.165, 1.54) is 38.5 Å². The quantitative estimate of drug-likeness (QED) is 0.404. The maximum absolute atomic E-state index is 11.8. The summed E-state index contributed by atoms with van der Waals surface area (Å²) >= 11 is 4.00. The van der Waals surface area contributed by atoms with Crippen molar-refractivity contribution in [3.05, 3.63) is 0 Å². The van der Waals surface area contributed by atoms with Crippen LogP contribution in [-0.2, 0) is 19.1 Å². The van der Waals surface area contributed by atoms with Gasteiger partial charge in [0.1, 0.15) is 6.54 Å². The van der Waals surface area contributed by atoms with Crippen LogP contribution in [0, 0.1) is 23.7 Å². The van der Waals surface area contributed by atoms with Crippen molar-refractivity contribution in [3.8, 4) is 0 Å². The first-order valence-electron chi connectivity index (χ1n) is 10.7. The number of thiol groups is 1. The second kappa shape index (κ2) is 10.7. The molecule has 29 heavy (non-hydrogen) atoms. The molecule has 0 saturated heterocycles. The molecule has 4 saturated carbocycles. The maximum Gasteiger partial charge on any atom is 0.323 e. The molecule has 1 unspecified atom stereocenters. The Morgan fingerprint density at radius 2 is 1.69 bits per heavy atom. The smallest absolute Gasteiger partial charge is 0.323 e. The van der Waals surface area contributed by atoms with Crippen molar-refractivity contribution >= 4 is 30.5 Å². The summed E-state index contributed by atoms with van der Waals surface area (Å²) < 4.78 is 4.72. The van der Waals surface area contributed by atoms with Gasteiger partial charge in [-0.15, -0.1) is 0 Å². The average Bonchev–Trinajstić information content (AvgIpc) is 2.62. The number of rotatable bonds is 8. The highest BCUT2D eigenvalue weighted by Gasteiger charge is 2.48. The zero-order valence-corrected chi connectivity index (χ0v) is 18.5. The van der Waals surface area contributed by atoms with Crippen molar-refractivity contribution in [2.24, 2.45) is 29.4 Å². The van der Waals surface area contributed by atoms with Gasteiger partial charge in [0.2, 0.25) is 5.91 Å². The molecule has 0 heterocycles. The average molecular weight is 429 g/mol. The van der Waals surface area contributed by atoms with E-state index in [0.29, 0.717) is 11.3 Å². The molecule has 7 nitrogen and oxygen atoms in total. The second-order valence-electron chi connectivity index (χ2n) is 9.07. The number of nitrogens with two attached hydrogens (primary N) is 1. The highest BCUT2D eigenvalue weighted by molar-refractivity contribution is 7.80. The van der Waals surface area contributed by atoms with Crippen LogP contribution >= 0.6 is 12.6 Å². The molecule has 166 valence electrons. The lowest BCUT2D eigenvalue weighted by atomic mass is 9.53. The minimum Gasteiger partial charge on any atom is -0.480 e. The standard InChI is InChI=1S/C11H19NO5S.C10H17N/c1-3-17-10(15)4-5-12(6-9(13)14)11(16)8(2)7-18;11-10-4-7-1-8(5-10)3-9(2-7)6-10/h8,18H,3-7H2,1-2H3,(H,13,14);7-9H,1-6,11H2. The lowest BCUT2D eigenvalue weighted by Gasteiger charge is -2.55. The summed E-state index contributed by atoms with van der Waals surface area (Å²) in [5.41, 5.74) is 6.62. The maximum atomic E-state index is 11.8. The summed E-state index contributed by atoms with van der Waals surface area (Å²) in [7, 11) is 0. The Bertz CT molecular complexity index is 562. The lowest BCUT2D eigenvalue weighted by molar-refractivity contribution is -0.148. The van der Waals surface area contributed by atoms with Crippen molar-refractivity contribution in [2.75, 3.05) is 25.4 Å². The molecule has 4 aliphatic rings. The molecule has 0 aromatic carbocycles. The van der Waals surface area contributed by atoms with Crippen molar-refractivity contribution in [1.29, 1.82) is 0 Å². The van der Waals surface area contributed by atoms with E-state index >= 15 is 0 Å². The van der Waals surface area contributed by atoms with Gasteiger partial charge in [0.15, 0.2) is 0 Å². The van der Waals surface area contributed by atoms with Gasteiger partial charge in [-0.2, -0.15) is 12.6 Å². The monoisotopic (exact) mass is 428 g/mol. The van der Waals surface area contributed by atoms with Gasteiger partial charge in [0, 0.05) is 23.8 Å². The highest BCUT2D eigenvalue weighted by atomic mass is 32.1. The third-order valence-electron chi connectivity index (χ3n) is 6.31. The Morgan fingerprint density at radius 3 is 2.07 bits per heavy atom. The molecule has 4 bridgehead atoms. The Hall–Kier alpha value is -1.28. The first kappa shape index (κ1) is 24.0. The molecule has 1 atom stereocenters. The van der Waals surface area contributed by atoms with E-state index in [4.69, 9.17) is 15.6 Å².